The first kappa shape index (κ1) is 14.3. The molecule has 3 nitrogen and oxygen atoms in total. The molecule has 0 bridgehead atoms. The molecule has 100 valence electrons. The number of rotatable bonds is 5. The van der Waals surface area contributed by atoms with Crippen LogP contribution in [0.2, 0.25) is 10.0 Å². The van der Waals surface area contributed by atoms with E-state index in [1.807, 2.05) is 12.1 Å². The average molecular weight is 315 g/mol. The second-order valence-electron chi connectivity index (χ2n) is 3.68. The fourth-order valence-electron chi connectivity index (χ4n) is 1.39. The van der Waals surface area contributed by atoms with Crippen molar-refractivity contribution in [3.8, 4) is 5.75 Å². The second-order valence-corrected chi connectivity index (χ2v) is 5.61. The van der Waals surface area contributed by atoms with Crippen molar-refractivity contribution in [2.45, 2.75) is 5.03 Å². The Morgan fingerprint density at radius 1 is 1.16 bits per heavy atom. The van der Waals surface area contributed by atoms with Gasteiger partial charge in [-0.1, -0.05) is 29.3 Å². The first-order chi connectivity index (χ1) is 9.16. The molecule has 2 aromatic rings. The lowest BCUT2D eigenvalue weighted by molar-refractivity contribution is 0.344. The lowest BCUT2D eigenvalue weighted by Crippen LogP contribution is -2.01. The number of benzene rings is 1. The van der Waals surface area contributed by atoms with Crippen LogP contribution in [0, 0.1) is 0 Å². The van der Waals surface area contributed by atoms with E-state index in [2.05, 4.69) is 4.98 Å². The quantitative estimate of drug-likeness (QED) is 0.665. The smallest absolute Gasteiger partial charge is 0.156 e. The Hall–Kier alpha value is -1.10. The van der Waals surface area contributed by atoms with Gasteiger partial charge in [0, 0.05) is 5.75 Å². The molecule has 1 heterocycles. The molecule has 0 aliphatic rings. The number of ether oxygens (including phenoxy) is 1. The summed E-state index contributed by atoms with van der Waals surface area (Å²) >= 11 is 13.6. The van der Waals surface area contributed by atoms with Crippen LogP contribution in [0.15, 0.2) is 41.6 Å². The number of thioether (sulfide) groups is 1. The highest BCUT2D eigenvalue weighted by molar-refractivity contribution is 7.99. The van der Waals surface area contributed by atoms with E-state index in [-0.39, 0.29) is 0 Å². The lowest BCUT2D eigenvalue weighted by Gasteiger charge is -2.09. The Labute approximate surface area is 126 Å². The predicted octanol–water partition coefficient (Wildman–Crippen LogP) is 4.14. The molecule has 6 heteroatoms. The van der Waals surface area contributed by atoms with Gasteiger partial charge in [0.05, 0.1) is 33.6 Å². The summed E-state index contributed by atoms with van der Waals surface area (Å²) in [5.74, 6) is 1.27. The molecule has 1 aromatic carbocycles. The number of nitrogen functional groups attached to an aromatic ring is 1. The van der Waals surface area contributed by atoms with Gasteiger partial charge in [-0.15, -0.1) is 11.8 Å². The van der Waals surface area contributed by atoms with Gasteiger partial charge < -0.3 is 10.5 Å². The molecule has 0 unspecified atom stereocenters. The van der Waals surface area contributed by atoms with Gasteiger partial charge in [-0.05, 0) is 24.3 Å². The number of pyridine rings is 1. The minimum atomic E-state index is 0.500. The number of anilines is 1. The molecule has 0 amide bonds. The first-order valence-corrected chi connectivity index (χ1v) is 7.32. The highest BCUT2D eigenvalue weighted by Gasteiger charge is 2.06. The van der Waals surface area contributed by atoms with Gasteiger partial charge in [0.25, 0.3) is 0 Å². The van der Waals surface area contributed by atoms with Crippen molar-refractivity contribution in [3.63, 3.8) is 0 Å². The third-order valence-electron chi connectivity index (χ3n) is 2.26. The number of hydrogen-bond donors (Lipinski definition) is 1. The van der Waals surface area contributed by atoms with Crippen LogP contribution in [0.25, 0.3) is 0 Å². The zero-order chi connectivity index (χ0) is 13.7. The molecule has 0 spiro atoms. The SMILES string of the molecule is Nc1ccc(SCCOc2c(Cl)cccc2Cl)nc1. The molecule has 0 radical (unpaired) electrons. The zero-order valence-corrected chi connectivity index (χ0v) is 12.3. The van der Waals surface area contributed by atoms with E-state index in [0.717, 1.165) is 10.8 Å². The van der Waals surface area contributed by atoms with Crippen molar-refractivity contribution in [3.05, 3.63) is 46.6 Å². The summed E-state index contributed by atoms with van der Waals surface area (Å²) in [5, 5.41) is 1.94. The fraction of sp³-hybridized carbons (Fsp3) is 0.154. The Bertz CT molecular complexity index is 529. The molecular weight excluding hydrogens is 303 g/mol. The Morgan fingerprint density at radius 2 is 1.89 bits per heavy atom. The maximum absolute atomic E-state index is 6.00. The molecule has 1 aromatic heterocycles. The summed E-state index contributed by atoms with van der Waals surface area (Å²) in [6.45, 7) is 0.500. The lowest BCUT2D eigenvalue weighted by atomic mass is 10.3. The molecule has 0 saturated carbocycles. The average Bonchev–Trinajstić information content (AvgIpc) is 2.39. The summed E-state index contributed by atoms with van der Waals surface area (Å²) in [7, 11) is 0. The van der Waals surface area contributed by atoms with Gasteiger partial charge in [-0.3, -0.25) is 0 Å². The van der Waals surface area contributed by atoms with Gasteiger partial charge in [0.15, 0.2) is 5.75 Å². The highest BCUT2D eigenvalue weighted by Crippen LogP contribution is 2.32. The van der Waals surface area contributed by atoms with Crippen LogP contribution in [0.5, 0.6) is 5.75 Å². The van der Waals surface area contributed by atoms with E-state index in [9.17, 15) is 0 Å². The molecule has 0 saturated heterocycles. The molecule has 2 N–H and O–H groups in total. The number of para-hydroxylation sites is 1. The monoisotopic (exact) mass is 314 g/mol. The molecular formula is C13H12Cl2N2OS. The van der Waals surface area contributed by atoms with Crippen molar-refractivity contribution in [1.29, 1.82) is 0 Å². The minimum Gasteiger partial charge on any atom is -0.490 e. The third kappa shape index (κ3) is 4.20. The predicted molar refractivity (Wildman–Crippen MR) is 81.3 cm³/mol. The van der Waals surface area contributed by atoms with Gasteiger partial charge in [-0.25, -0.2) is 4.98 Å². The Balaban J connectivity index is 1.82. The molecule has 19 heavy (non-hydrogen) atoms. The van der Waals surface area contributed by atoms with Gasteiger partial charge in [0.2, 0.25) is 0 Å². The van der Waals surface area contributed by atoms with E-state index < -0.39 is 0 Å². The summed E-state index contributed by atoms with van der Waals surface area (Å²) in [6, 6.07) is 8.98. The maximum Gasteiger partial charge on any atom is 0.156 e. The van der Waals surface area contributed by atoms with Crippen LogP contribution in [-0.4, -0.2) is 17.3 Å². The Kier molecular flexibility index (Phi) is 5.19. The number of nitrogens with two attached hydrogens (primary N) is 1. The van der Waals surface area contributed by atoms with E-state index in [4.69, 9.17) is 33.7 Å². The standard InChI is InChI=1S/C13H12Cl2N2OS/c14-10-2-1-3-11(15)13(10)18-6-7-19-12-5-4-9(16)8-17-12/h1-5,8H,6-7,16H2. The number of halogens is 2. The molecule has 0 aliphatic carbocycles. The number of aromatic nitrogens is 1. The van der Waals surface area contributed by atoms with Crippen molar-refractivity contribution in [2.24, 2.45) is 0 Å². The van der Waals surface area contributed by atoms with Crippen LogP contribution < -0.4 is 10.5 Å². The summed E-state index contributed by atoms with van der Waals surface area (Å²) in [4.78, 5) is 4.19. The van der Waals surface area contributed by atoms with Crippen molar-refractivity contribution < 1.29 is 4.74 Å². The van der Waals surface area contributed by atoms with Gasteiger partial charge in [-0.2, -0.15) is 0 Å². The normalized spacial score (nSPS) is 10.4. The first-order valence-electron chi connectivity index (χ1n) is 5.58. The Morgan fingerprint density at radius 3 is 2.53 bits per heavy atom. The summed E-state index contributed by atoms with van der Waals surface area (Å²) < 4.78 is 5.58. The zero-order valence-electron chi connectivity index (χ0n) is 9.98. The third-order valence-corrected chi connectivity index (χ3v) is 3.76. The summed E-state index contributed by atoms with van der Waals surface area (Å²) in [6.07, 6.45) is 1.63. The van der Waals surface area contributed by atoms with E-state index >= 15 is 0 Å². The van der Waals surface area contributed by atoms with Crippen molar-refractivity contribution in [1.82, 2.24) is 4.98 Å². The molecule has 0 aliphatic heterocycles. The van der Waals surface area contributed by atoms with E-state index in [1.165, 1.54) is 0 Å². The second kappa shape index (κ2) is 6.89. The minimum absolute atomic E-state index is 0.500. The summed E-state index contributed by atoms with van der Waals surface area (Å²) in [5.41, 5.74) is 6.22. The van der Waals surface area contributed by atoms with Crippen LogP contribution >= 0.6 is 35.0 Å². The molecule has 2 rings (SSSR count). The van der Waals surface area contributed by atoms with E-state index in [1.54, 1.807) is 36.2 Å². The molecule has 0 atom stereocenters. The van der Waals surface area contributed by atoms with Gasteiger partial charge >= 0.3 is 0 Å². The van der Waals surface area contributed by atoms with Crippen LogP contribution in [0.4, 0.5) is 5.69 Å². The topological polar surface area (TPSA) is 48.1 Å². The van der Waals surface area contributed by atoms with Crippen LogP contribution in [0.3, 0.4) is 0 Å². The highest BCUT2D eigenvalue weighted by atomic mass is 35.5. The van der Waals surface area contributed by atoms with Crippen LogP contribution in [0.1, 0.15) is 0 Å². The number of nitrogens with zero attached hydrogens (tertiary/aromatic N) is 1. The van der Waals surface area contributed by atoms with Crippen molar-refractivity contribution >= 4 is 40.7 Å². The fourth-order valence-corrected chi connectivity index (χ4v) is 2.56. The molecule has 0 fully saturated rings. The largest absolute Gasteiger partial charge is 0.490 e. The van der Waals surface area contributed by atoms with Crippen molar-refractivity contribution in [2.75, 3.05) is 18.1 Å². The van der Waals surface area contributed by atoms with Crippen LogP contribution in [-0.2, 0) is 0 Å². The van der Waals surface area contributed by atoms with E-state index in [0.29, 0.717) is 28.1 Å². The maximum atomic E-state index is 6.00. The number of hydrogen-bond acceptors (Lipinski definition) is 4. The van der Waals surface area contributed by atoms with Gasteiger partial charge in [0.1, 0.15) is 0 Å².